The second-order valence-corrected chi connectivity index (χ2v) is 5.91. The highest BCUT2D eigenvalue weighted by Gasteiger charge is 2.23. The first-order chi connectivity index (χ1) is 8.07. The first-order valence-electron chi connectivity index (χ1n) is 6.54. The second-order valence-electron chi connectivity index (χ2n) is 5.91. The van der Waals surface area contributed by atoms with Crippen molar-refractivity contribution >= 4 is 0 Å². The minimum absolute atomic E-state index is 0.0734. The van der Waals surface area contributed by atoms with Gasteiger partial charge in [0.25, 0.3) is 0 Å². The molecule has 0 unspecified atom stereocenters. The fourth-order valence-electron chi connectivity index (χ4n) is 2.15. The van der Waals surface area contributed by atoms with Gasteiger partial charge in [0.05, 0.1) is 0 Å². The molecule has 0 aromatic heterocycles. The Morgan fingerprint density at radius 1 is 1.29 bits per heavy atom. The minimum Gasteiger partial charge on any atom is -0.314 e. The van der Waals surface area contributed by atoms with Gasteiger partial charge in [0, 0.05) is 6.04 Å². The van der Waals surface area contributed by atoms with Crippen LogP contribution in [-0.4, -0.2) is 12.6 Å². The van der Waals surface area contributed by atoms with Crippen molar-refractivity contribution in [2.24, 2.45) is 5.41 Å². The maximum atomic E-state index is 13.6. The van der Waals surface area contributed by atoms with Crippen molar-refractivity contribution in [3.63, 3.8) is 0 Å². The maximum Gasteiger partial charge on any atom is 0.126 e. The van der Waals surface area contributed by atoms with E-state index in [4.69, 9.17) is 0 Å². The summed E-state index contributed by atoms with van der Waals surface area (Å²) in [6, 6.07) is 7.87. The Hall–Kier alpha value is -0.890. The zero-order valence-electron chi connectivity index (χ0n) is 10.8. The standard InChI is InChI=1S/C15H22FN/c1-15(2,9-10-17-13-7-8-13)11-12-5-3-4-6-14(12)16/h3-6,13,17H,7-11H2,1-2H3. The van der Waals surface area contributed by atoms with Crippen LogP contribution in [0.25, 0.3) is 0 Å². The van der Waals surface area contributed by atoms with Crippen LogP contribution in [0, 0.1) is 11.2 Å². The molecule has 0 spiro atoms. The van der Waals surface area contributed by atoms with Crippen molar-refractivity contribution in [2.45, 2.75) is 45.6 Å². The molecule has 0 heterocycles. The molecule has 1 N–H and O–H groups in total. The van der Waals surface area contributed by atoms with Gasteiger partial charge in [-0.15, -0.1) is 0 Å². The van der Waals surface area contributed by atoms with Crippen LogP contribution in [0.1, 0.15) is 38.7 Å². The molecule has 2 heteroatoms. The van der Waals surface area contributed by atoms with E-state index in [1.807, 2.05) is 12.1 Å². The van der Waals surface area contributed by atoms with E-state index in [1.165, 1.54) is 12.8 Å². The molecule has 0 bridgehead atoms. The van der Waals surface area contributed by atoms with Gasteiger partial charge < -0.3 is 5.32 Å². The molecule has 1 saturated carbocycles. The fraction of sp³-hybridized carbons (Fsp3) is 0.600. The summed E-state index contributed by atoms with van der Waals surface area (Å²) < 4.78 is 13.6. The average Bonchev–Trinajstić information content (AvgIpc) is 3.05. The smallest absolute Gasteiger partial charge is 0.126 e. The summed E-state index contributed by atoms with van der Waals surface area (Å²) >= 11 is 0. The molecule has 1 aliphatic rings. The van der Waals surface area contributed by atoms with Gasteiger partial charge in [-0.25, -0.2) is 4.39 Å². The predicted octanol–water partition coefficient (Wildman–Crippen LogP) is 3.54. The second kappa shape index (κ2) is 5.18. The number of nitrogens with one attached hydrogen (secondary N) is 1. The molecule has 94 valence electrons. The van der Waals surface area contributed by atoms with E-state index in [1.54, 1.807) is 12.1 Å². The van der Waals surface area contributed by atoms with Crippen molar-refractivity contribution in [1.82, 2.24) is 5.32 Å². The summed E-state index contributed by atoms with van der Waals surface area (Å²) in [6.07, 6.45) is 4.56. The van der Waals surface area contributed by atoms with Crippen LogP contribution in [0.5, 0.6) is 0 Å². The molecule has 1 fully saturated rings. The van der Waals surface area contributed by atoms with E-state index in [0.29, 0.717) is 0 Å². The third-order valence-corrected chi connectivity index (χ3v) is 3.44. The van der Waals surface area contributed by atoms with E-state index in [0.717, 1.165) is 31.0 Å². The van der Waals surface area contributed by atoms with Gasteiger partial charge in [-0.3, -0.25) is 0 Å². The fourth-order valence-corrected chi connectivity index (χ4v) is 2.15. The average molecular weight is 235 g/mol. The van der Waals surface area contributed by atoms with Crippen LogP contribution < -0.4 is 5.32 Å². The summed E-state index contributed by atoms with van der Waals surface area (Å²) in [7, 11) is 0. The first kappa shape index (κ1) is 12.6. The van der Waals surface area contributed by atoms with Crippen molar-refractivity contribution < 1.29 is 4.39 Å². The monoisotopic (exact) mass is 235 g/mol. The number of hydrogen-bond acceptors (Lipinski definition) is 1. The van der Waals surface area contributed by atoms with Crippen molar-refractivity contribution in [2.75, 3.05) is 6.54 Å². The molecule has 0 aliphatic heterocycles. The van der Waals surface area contributed by atoms with Crippen LogP contribution in [0.2, 0.25) is 0 Å². The highest BCUT2D eigenvalue weighted by Crippen LogP contribution is 2.27. The summed E-state index contributed by atoms with van der Waals surface area (Å²) in [6.45, 7) is 5.48. The Morgan fingerprint density at radius 2 is 2.00 bits per heavy atom. The number of rotatable bonds is 6. The lowest BCUT2D eigenvalue weighted by Gasteiger charge is -2.25. The highest BCUT2D eigenvalue weighted by atomic mass is 19.1. The predicted molar refractivity (Wildman–Crippen MR) is 69.5 cm³/mol. The lowest BCUT2D eigenvalue weighted by molar-refractivity contribution is 0.320. The van der Waals surface area contributed by atoms with E-state index < -0.39 is 0 Å². The lowest BCUT2D eigenvalue weighted by Crippen LogP contribution is -2.25. The third-order valence-electron chi connectivity index (χ3n) is 3.44. The van der Waals surface area contributed by atoms with Gasteiger partial charge in [-0.1, -0.05) is 32.0 Å². The van der Waals surface area contributed by atoms with E-state index >= 15 is 0 Å². The molecular weight excluding hydrogens is 213 g/mol. The summed E-state index contributed by atoms with van der Waals surface area (Å²) in [4.78, 5) is 0. The lowest BCUT2D eigenvalue weighted by atomic mass is 9.82. The molecule has 0 radical (unpaired) electrons. The van der Waals surface area contributed by atoms with Gasteiger partial charge in [0.2, 0.25) is 0 Å². The van der Waals surface area contributed by atoms with Crippen molar-refractivity contribution in [3.8, 4) is 0 Å². The number of benzene rings is 1. The topological polar surface area (TPSA) is 12.0 Å². The number of hydrogen-bond donors (Lipinski definition) is 1. The van der Waals surface area contributed by atoms with Gasteiger partial charge in [0.1, 0.15) is 5.82 Å². The van der Waals surface area contributed by atoms with Crippen LogP contribution in [0.4, 0.5) is 4.39 Å². The zero-order chi connectivity index (χ0) is 12.3. The van der Waals surface area contributed by atoms with E-state index in [9.17, 15) is 4.39 Å². The quantitative estimate of drug-likeness (QED) is 0.795. The van der Waals surface area contributed by atoms with Crippen molar-refractivity contribution in [3.05, 3.63) is 35.6 Å². The Bertz CT molecular complexity index is 369. The molecule has 1 aromatic rings. The summed E-state index contributed by atoms with van der Waals surface area (Å²) in [5.41, 5.74) is 0.994. The van der Waals surface area contributed by atoms with Gasteiger partial charge >= 0.3 is 0 Å². The van der Waals surface area contributed by atoms with E-state index in [2.05, 4.69) is 19.2 Å². The largest absolute Gasteiger partial charge is 0.314 e. The Kier molecular flexibility index (Phi) is 3.82. The Labute approximate surface area is 103 Å². The molecular formula is C15H22FN. The molecule has 0 atom stereocenters. The summed E-state index contributed by atoms with van der Waals surface area (Å²) in [5, 5.41) is 3.52. The number of halogens is 1. The van der Waals surface area contributed by atoms with Gasteiger partial charge in [-0.05, 0) is 49.3 Å². The molecule has 2 rings (SSSR count). The minimum atomic E-state index is -0.0734. The molecule has 17 heavy (non-hydrogen) atoms. The summed E-state index contributed by atoms with van der Waals surface area (Å²) in [5.74, 6) is -0.0734. The molecule has 1 aromatic carbocycles. The van der Waals surface area contributed by atoms with Crippen LogP contribution >= 0.6 is 0 Å². The first-order valence-corrected chi connectivity index (χ1v) is 6.54. The SMILES string of the molecule is CC(C)(CCNC1CC1)Cc1ccccc1F. The Morgan fingerprint density at radius 3 is 2.65 bits per heavy atom. The molecule has 0 amide bonds. The highest BCUT2D eigenvalue weighted by molar-refractivity contribution is 5.18. The third kappa shape index (κ3) is 4.12. The van der Waals surface area contributed by atoms with E-state index in [-0.39, 0.29) is 11.2 Å². The van der Waals surface area contributed by atoms with Gasteiger partial charge in [-0.2, -0.15) is 0 Å². The molecule has 0 saturated heterocycles. The Balaban J connectivity index is 1.84. The van der Waals surface area contributed by atoms with Crippen LogP contribution in [-0.2, 0) is 6.42 Å². The van der Waals surface area contributed by atoms with Crippen LogP contribution in [0.15, 0.2) is 24.3 Å². The maximum absolute atomic E-state index is 13.6. The van der Waals surface area contributed by atoms with Gasteiger partial charge in [0.15, 0.2) is 0 Å². The van der Waals surface area contributed by atoms with Crippen molar-refractivity contribution in [1.29, 1.82) is 0 Å². The normalized spacial score (nSPS) is 16.2. The van der Waals surface area contributed by atoms with Crippen LogP contribution in [0.3, 0.4) is 0 Å². The molecule has 1 aliphatic carbocycles. The molecule has 1 nitrogen and oxygen atoms in total. The zero-order valence-corrected chi connectivity index (χ0v) is 10.8.